The van der Waals surface area contributed by atoms with Gasteiger partial charge in [0.2, 0.25) is 0 Å². The molecular formula is C10H22N2OS. The molecule has 0 amide bonds. The van der Waals surface area contributed by atoms with Gasteiger partial charge in [-0.05, 0) is 24.3 Å². The van der Waals surface area contributed by atoms with E-state index in [2.05, 4.69) is 12.1 Å². The smallest absolute Gasteiger partial charge is 0.144 e. The van der Waals surface area contributed by atoms with Crippen LogP contribution in [0.15, 0.2) is 5.16 Å². The number of thioether (sulfide) groups is 1. The summed E-state index contributed by atoms with van der Waals surface area (Å²) in [4.78, 5) is 0. The fourth-order valence-corrected chi connectivity index (χ4v) is 1.88. The Hall–Kier alpha value is -0.380. The number of nitrogens with zero attached hydrogens (tertiary/aromatic N) is 1. The lowest BCUT2D eigenvalue weighted by molar-refractivity contribution is 0.304. The Morgan fingerprint density at radius 3 is 2.57 bits per heavy atom. The molecule has 0 rings (SSSR count). The van der Waals surface area contributed by atoms with Gasteiger partial charge in [0, 0.05) is 5.41 Å². The molecule has 3 nitrogen and oxygen atoms in total. The van der Waals surface area contributed by atoms with E-state index in [0.717, 1.165) is 12.8 Å². The van der Waals surface area contributed by atoms with Crippen molar-refractivity contribution in [3.05, 3.63) is 0 Å². The summed E-state index contributed by atoms with van der Waals surface area (Å²) in [6, 6.07) is 0. The maximum absolute atomic E-state index is 8.57. The predicted octanol–water partition coefficient (Wildman–Crippen LogP) is 2.68. The van der Waals surface area contributed by atoms with Crippen molar-refractivity contribution in [1.82, 2.24) is 0 Å². The zero-order valence-corrected chi connectivity index (χ0v) is 10.2. The normalized spacial score (nSPS) is 13.2. The molecule has 4 heteroatoms. The van der Waals surface area contributed by atoms with Crippen molar-refractivity contribution >= 4 is 17.6 Å². The second-order valence-corrected chi connectivity index (χ2v) is 5.42. The van der Waals surface area contributed by atoms with Gasteiger partial charge in [-0.2, -0.15) is 11.8 Å². The van der Waals surface area contributed by atoms with Gasteiger partial charge in [0.25, 0.3) is 0 Å². The van der Waals surface area contributed by atoms with Gasteiger partial charge < -0.3 is 10.9 Å². The summed E-state index contributed by atoms with van der Waals surface area (Å²) in [7, 11) is 0. The van der Waals surface area contributed by atoms with E-state index < -0.39 is 0 Å². The number of unbranched alkanes of at least 4 members (excludes halogenated alkanes) is 1. The van der Waals surface area contributed by atoms with Crippen molar-refractivity contribution in [2.75, 3.05) is 11.5 Å². The Bertz CT molecular complexity index is 181. The zero-order valence-electron chi connectivity index (χ0n) is 9.42. The lowest BCUT2D eigenvalue weighted by Gasteiger charge is -2.22. The maximum atomic E-state index is 8.57. The summed E-state index contributed by atoms with van der Waals surface area (Å²) < 4.78 is 0. The van der Waals surface area contributed by atoms with E-state index in [4.69, 9.17) is 10.9 Å². The Balaban J connectivity index is 3.66. The van der Waals surface area contributed by atoms with Crippen molar-refractivity contribution in [3.8, 4) is 0 Å². The van der Waals surface area contributed by atoms with Gasteiger partial charge >= 0.3 is 0 Å². The van der Waals surface area contributed by atoms with E-state index in [1.54, 1.807) is 0 Å². The summed E-state index contributed by atoms with van der Waals surface area (Å²) in [5.74, 6) is 2.73. The lowest BCUT2D eigenvalue weighted by Crippen LogP contribution is -2.31. The molecule has 14 heavy (non-hydrogen) atoms. The highest BCUT2D eigenvalue weighted by Gasteiger charge is 2.22. The minimum atomic E-state index is -0.175. The van der Waals surface area contributed by atoms with Crippen LogP contribution in [0.3, 0.4) is 0 Å². The molecule has 0 saturated heterocycles. The topological polar surface area (TPSA) is 58.6 Å². The monoisotopic (exact) mass is 218 g/mol. The first-order valence-electron chi connectivity index (χ1n) is 5.10. The highest BCUT2D eigenvalue weighted by molar-refractivity contribution is 7.99. The number of rotatable bonds is 7. The van der Waals surface area contributed by atoms with Crippen LogP contribution in [0.4, 0.5) is 0 Å². The Morgan fingerprint density at radius 1 is 1.43 bits per heavy atom. The molecule has 0 heterocycles. The minimum Gasteiger partial charge on any atom is -0.409 e. The van der Waals surface area contributed by atoms with E-state index in [1.807, 2.05) is 25.6 Å². The minimum absolute atomic E-state index is 0.175. The van der Waals surface area contributed by atoms with Crippen LogP contribution in [0.2, 0.25) is 0 Å². The molecular weight excluding hydrogens is 196 g/mol. The maximum Gasteiger partial charge on any atom is 0.144 e. The summed E-state index contributed by atoms with van der Waals surface area (Å²) in [6.07, 6.45) is 3.32. The first-order chi connectivity index (χ1) is 6.54. The van der Waals surface area contributed by atoms with Crippen LogP contribution in [-0.4, -0.2) is 22.5 Å². The third-order valence-electron chi connectivity index (χ3n) is 2.35. The van der Waals surface area contributed by atoms with Crippen molar-refractivity contribution in [3.63, 3.8) is 0 Å². The average Bonchev–Trinajstić information content (AvgIpc) is 2.16. The Morgan fingerprint density at radius 2 is 2.07 bits per heavy atom. The van der Waals surface area contributed by atoms with Crippen molar-refractivity contribution in [1.29, 1.82) is 0 Å². The fourth-order valence-electron chi connectivity index (χ4n) is 1.18. The molecule has 0 fully saturated rings. The van der Waals surface area contributed by atoms with Crippen molar-refractivity contribution in [2.45, 2.75) is 40.0 Å². The quantitative estimate of drug-likeness (QED) is 0.227. The lowest BCUT2D eigenvalue weighted by atomic mass is 9.86. The number of amidine groups is 1. The molecule has 0 aromatic heterocycles. The van der Waals surface area contributed by atoms with Gasteiger partial charge in [0.1, 0.15) is 5.84 Å². The predicted molar refractivity (Wildman–Crippen MR) is 64.0 cm³/mol. The number of hydrogen-bond acceptors (Lipinski definition) is 3. The average molecular weight is 218 g/mol. The molecule has 0 aliphatic carbocycles. The van der Waals surface area contributed by atoms with E-state index >= 15 is 0 Å². The first-order valence-corrected chi connectivity index (χ1v) is 6.25. The molecule has 0 atom stereocenters. The third-order valence-corrected chi connectivity index (χ3v) is 3.33. The van der Waals surface area contributed by atoms with Crippen LogP contribution < -0.4 is 5.73 Å². The molecule has 0 bridgehead atoms. The van der Waals surface area contributed by atoms with Crippen LogP contribution in [0, 0.1) is 5.41 Å². The molecule has 0 aliphatic heterocycles. The number of hydrogen-bond donors (Lipinski definition) is 2. The highest BCUT2D eigenvalue weighted by atomic mass is 32.2. The largest absolute Gasteiger partial charge is 0.409 e. The molecule has 0 aromatic carbocycles. The molecule has 0 unspecified atom stereocenters. The van der Waals surface area contributed by atoms with Crippen LogP contribution in [0.25, 0.3) is 0 Å². The standard InChI is InChI=1S/C10H22N2OS/c1-4-14-8-6-5-7-10(2,3)9(11)12-13/h13H,4-8H2,1-3H3,(H2,11,12). The summed E-state index contributed by atoms with van der Waals surface area (Å²) >= 11 is 1.96. The molecule has 3 N–H and O–H groups in total. The third kappa shape index (κ3) is 5.37. The first kappa shape index (κ1) is 13.6. The van der Waals surface area contributed by atoms with E-state index in [-0.39, 0.29) is 5.41 Å². The van der Waals surface area contributed by atoms with Crippen molar-refractivity contribution in [2.24, 2.45) is 16.3 Å². The van der Waals surface area contributed by atoms with E-state index in [1.165, 1.54) is 17.9 Å². The SMILES string of the molecule is CCSCCCCC(C)(C)C(N)=NO. The van der Waals surface area contributed by atoms with Gasteiger partial charge in [0.05, 0.1) is 0 Å². The van der Waals surface area contributed by atoms with Gasteiger partial charge in [0.15, 0.2) is 0 Å². The number of nitrogens with two attached hydrogens (primary N) is 1. The van der Waals surface area contributed by atoms with Crippen molar-refractivity contribution < 1.29 is 5.21 Å². The van der Waals surface area contributed by atoms with Gasteiger partial charge in [-0.15, -0.1) is 0 Å². The van der Waals surface area contributed by atoms with E-state index in [9.17, 15) is 0 Å². The number of oxime groups is 1. The summed E-state index contributed by atoms with van der Waals surface area (Å²) in [5.41, 5.74) is 5.41. The molecule has 0 spiro atoms. The zero-order chi connectivity index (χ0) is 11.0. The van der Waals surface area contributed by atoms with Gasteiger partial charge in [-0.25, -0.2) is 0 Å². The molecule has 0 radical (unpaired) electrons. The van der Waals surface area contributed by atoms with Crippen LogP contribution in [-0.2, 0) is 0 Å². The Labute approximate surface area is 91.1 Å². The summed E-state index contributed by atoms with van der Waals surface area (Å²) in [5, 5.41) is 11.6. The molecule has 0 saturated carbocycles. The second-order valence-electron chi connectivity index (χ2n) is 4.02. The molecule has 0 aromatic rings. The van der Waals surface area contributed by atoms with Gasteiger partial charge in [-0.1, -0.05) is 32.3 Å². The van der Waals surface area contributed by atoms with Crippen LogP contribution in [0.5, 0.6) is 0 Å². The summed E-state index contributed by atoms with van der Waals surface area (Å²) in [6.45, 7) is 6.19. The van der Waals surface area contributed by atoms with E-state index in [0.29, 0.717) is 5.84 Å². The highest BCUT2D eigenvalue weighted by Crippen LogP contribution is 2.23. The van der Waals surface area contributed by atoms with Gasteiger partial charge in [-0.3, -0.25) is 0 Å². The second kappa shape index (κ2) is 6.98. The fraction of sp³-hybridized carbons (Fsp3) is 0.900. The molecule has 0 aliphatic rings. The Kier molecular flexibility index (Phi) is 6.79. The van der Waals surface area contributed by atoms with Crippen LogP contribution >= 0.6 is 11.8 Å². The molecule has 84 valence electrons. The van der Waals surface area contributed by atoms with Crippen LogP contribution in [0.1, 0.15) is 40.0 Å².